The molecule has 2 aromatic heterocycles. The van der Waals surface area contributed by atoms with Crippen molar-refractivity contribution < 1.29 is 0 Å². The van der Waals surface area contributed by atoms with E-state index in [1.165, 1.54) is 5.69 Å². The first kappa shape index (κ1) is 18.2. The van der Waals surface area contributed by atoms with Gasteiger partial charge >= 0.3 is 0 Å². The molecule has 0 bridgehead atoms. The van der Waals surface area contributed by atoms with Crippen LogP contribution in [-0.2, 0) is 6.54 Å². The smallest absolute Gasteiger partial charge is 0.0951 e. The van der Waals surface area contributed by atoms with Crippen LogP contribution in [0.3, 0.4) is 0 Å². The Labute approximate surface area is 168 Å². The van der Waals surface area contributed by atoms with Crippen LogP contribution in [0.15, 0.2) is 53.3 Å². The van der Waals surface area contributed by atoms with Crippen LogP contribution in [0, 0.1) is 0 Å². The molecule has 3 heterocycles. The van der Waals surface area contributed by atoms with Crippen LogP contribution in [0.1, 0.15) is 19.5 Å². The second-order valence-electron chi connectivity index (χ2n) is 7.32. The van der Waals surface area contributed by atoms with Gasteiger partial charge in [0.1, 0.15) is 0 Å². The SMILES string of the molecule is C[C@@H]1CN(c2ccc(N)c3ncccc23)C[C@H](C)N1Cc1ccc(Br)cn1. The van der Waals surface area contributed by atoms with Gasteiger partial charge < -0.3 is 10.6 Å². The average molecular weight is 426 g/mol. The zero-order valence-electron chi connectivity index (χ0n) is 15.6. The van der Waals surface area contributed by atoms with E-state index in [4.69, 9.17) is 5.73 Å². The predicted octanol–water partition coefficient (Wildman–Crippen LogP) is 4.07. The number of aromatic nitrogens is 2. The summed E-state index contributed by atoms with van der Waals surface area (Å²) >= 11 is 3.46. The Bertz CT molecular complexity index is 931. The lowest BCUT2D eigenvalue weighted by Crippen LogP contribution is -2.56. The summed E-state index contributed by atoms with van der Waals surface area (Å²) in [5.41, 5.74) is 10.1. The Kier molecular flexibility index (Phi) is 5.02. The number of anilines is 2. The second-order valence-corrected chi connectivity index (χ2v) is 8.23. The minimum absolute atomic E-state index is 0.420. The Morgan fingerprint density at radius 3 is 2.56 bits per heavy atom. The Balaban J connectivity index is 1.57. The van der Waals surface area contributed by atoms with E-state index in [0.717, 1.165) is 46.4 Å². The lowest BCUT2D eigenvalue weighted by Gasteiger charge is -2.45. The number of fused-ring (bicyclic) bond motifs is 1. The number of piperazine rings is 1. The first-order chi connectivity index (χ1) is 13.0. The quantitative estimate of drug-likeness (QED) is 0.640. The van der Waals surface area contributed by atoms with E-state index < -0.39 is 0 Å². The molecule has 1 aromatic carbocycles. The van der Waals surface area contributed by atoms with Crippen molar-refractivity contribution in [2.24, 2.45) is 0 Å². The molecule has 4 rings (SSSR count). The third-order valence-corrected chi connectivity index (χ3v) is 5.82. The van der Waals surface area contributed by atoms with Crippen LogP contribution in [0.25, 0.3) is 10.9 Å². The number of pyridine rings is 2. The van der Waals surface area contributed by atoms with Crippen LogP contribution in [0.4, 0.5) is 11.4 Å². The van der Waals surface area contributed by atoms with Gasteiger partial charge in [0, 0.05) is 59.7 Å². The largest absolute Gasteiger partial charge is 0.397 e. The maximum Gasteiger partial charge on any atom is 0.0951 e. The normalized spacial score (nSPS) is 20.9. The third kappa shape index (κ3) is 3.64. The number of hydrogen-bond acceptors (Lipinski definition) is 5. The summed E-state index contributed by atoms with van der Waals surface area (Å²) in [7, 11) is 0. The van der Waals surface area contributed by atoms with Crippen LogP contribution >= 0.6 is 15.9 Å². The molecule has 27 heavy (non-hydrogen) atoms. The molecule has 0 spiro atoms. The van der Waals surface area contributed by atoms with Crippen molar-refractivity contribution in [3.8, 4) is 0 Å². The van der Waals surface area contributed by atoms with Gasteiger partial charge in [0.15, 0.2) is 0 Å². The maximum atomic E-state index is 6.13. The highest BCUT2D eigenvalue weighted by molar-refractivity contribution is 9.10. The molecule has 6 heteroatoms. The fraction of sp³-hybridized carbons (Fsp3) is 0.333. The number of halogens is 1. The molecule has 2 atom stereocenters. The van der Waals surface area contributed by atoms with Crippen molar-refractivity contribution in [2.45, 2.75) is 32.5 Å². The molecule has 0 unspecified atom stereocenters. The molecule has 1 aliphatic rings. The van der Waals surface area contributed by atoms with Gasteiger partial charge in [-0.2, -0.15) is 0 Å². The number of rotatable bonds is 3. The lowest BCUT2D eigenvalue weighted by atomic mass is 10.0. The van der Waals surface area contributed by atoms with E-state index in [0.29, 0.717) is 12.1 Å². The van der Waals surface area contributed by atoms with Gasteiger partial charge in [0.05, 0.1) is 16.9 Å². The van der Waals surface area contributed by atoms with E-state index in [1.807, 2.05) is 18.3 Å². The van der Waals surface area contributed by atoms with Gasteiger partial charge in [-0.3, -0.25) is 14.9 Å². The van der Waals surface area contributed by atoms with Gasteiger partial charge in [0.2, 0.25) is 0 Å². The van der Waals surface area contributed by atoms with Crippen molar-refractivity contribution in [3.05, 3.63) is 59.0 Å². The number of nitrogens with zero attached hydrogens (tertiary/aromatic N) is 4. The first-order valence-corrected chi connectivity index (χ1v) is 10.1. The second kappa shape index (κ2) is 7.44. The fourth-order valence-electron chi connectivity index (χ4n) is 4.01. The van der Waals surface area contributed by atoms with Crippen molar-refractivity contribution in [2.75, 3.05) is 23.7 Å². The summed E-state index contributed by atoms with van der Waals surface area (Å²) in [5, 5.41) is 1.12. The lowest BCUT2D eigenvalue weighted by molar-refractivity contribution is 0.121. The molecule has 0 saturated carbocycles. The molecule has 3 aromatic rings. The topological polar surface area (TPSA) is 58.3 Å². The summed E-state index contributed by atoms with van der Waals surface area (Å²) in [6.45, 7) is 7.38. The minimum atomic E-state index is 0.420. The van der Waals surface area contributed by atoms with Gasteiger partial charge in [-0.15, -0.1) is 0 Å². The van der Waals surface area contributed by atoms with Crippen LogP contribution in [0.2, 0.25) is 0 Å². The van der Waals surface area contributed by atoms with Gasteiger partial charge in [-0.05, 0) is 66.2 Å². The van der Waals surface area contributed by atoms with Crippen LogP contribution in [-0.4, -0.2) is 40.0 Å². The van der Waals surface area contributed by atoms with Crippen molar-refractivity contribution in [1.29, 1.82) is 0 Å². The Morgan fingerprint density at radius 2 is 1.85 bits per heavy atom. The fourth-order valence-corrected chi connectivity index (χ4v) is 4.24. The Hall–Kier alpha value is -2.18. The molecular formula is C21H24BrN5. The molecule has 1 saturated heterocycles. The summed E-state index contributed by atoms with van der Waals surface area (Å²) in [6.07, 6.45) is 3.67. The molecule has 1 fully saturated rings. The van der Waals surface area contributed by atoms with E-state index >= 15 is 0 Å². The number of benzene rings is 1. The number of nitrogen functional groups attached to an aromatic ring is 1. The number of hydrogen-bond donors (Lipinski definition) is 1. The highest BCUT2D eigenvalue weighted by Gasteiger charge is 2.30. The summed E-state index contributed by atoms with van der Waals surface area (Å²) < 4.78 is 1.01. The van der Waals surface area contributed by atoms with Crippen molar-refractivity contribution >= 4 is 38.2 Å². The molecular weight excluding hydrogens is 402 g/mol. The monoisotopic (exact) mass is 425 g/mol. The molecule has 0 amide bonds. The zero-order valence-corrected chi connectivity index (χ0v) is 17.2. The van der Waals surface area contributed by atoms with E-state index in [2.05, 4.69) is 73.8 Å². The van der Waals surface area contributed by atoms with Gasteiger partial charge in [-0.1, -0.05) is 0 Å². The van der Waals surface area contributed by atoms with E-state index in [1.54, 1.807) is 6.20 Å². The highest BCUT2D eigenvalue weighted by Crippen LogP contribution is 2.32. The number of nitrogens with two attached hydrogens (primary N) is 1. The summed E-state index contributed by atoms with van der Waals surface area (Å²) in [6, 6.07) is 13.2. The van der Waals surface area contributed by atoms with E-state index in [-0.39, 0.29) is 0 Å². The van der Waals surface area contributed by atoms with Crippen LogP contribution < -0.4 is 10.6 Å². The van der Waals surface area contributed by atoms with Gasteiger partial charge in [-0.25, -0.2) is 0 Å². The molecule has 140 valence electrons. The molecule has 0 aliphatic carbocycles. The summed E-state index contributed by atoms with van der Waals surface area (Å²) in [5.74, 6) is 0. The van der Waals surface area contributed by atoms with Crippen molar-refractivity contribution in [1.82, 2.24) is 14.9 Å². The van der Waals surface area contributed by atoms with Crippen molar-refractivity contribution in [3.63, 3.8) is 0 Å². The summed E-state index contributed by atoms with van der Waals surface area (Å²) in [4.78, 5) is 14.0. The van der Waals surface area contributed by atoms with E-state index in [9.17, 15) is 0 Å². The van der Waals surface area contributed by atoms with Gasteiger partial charge in [0.25, 0.3) is 0 Å². The standard InChI is InChI=1S/C21H24BrN5/c1-14-11-26(20-8-7-19(23)21-18(20)4-3-9-24-21)12-15(2)27(14)13-17-6-5-16(22)10-25-17/h3-10,14-15H,11-13,23H2,1-2H3/t14-,15+. The molecule has 2 N–H and O–H groups in total. The molecule has 0 radical (unpaired) electrons. The molecule has 1 aliphatic heterocycles. The minimum Gasteiger partial charge on any atom is -0.397 e. The molecule has 5 nitrogen and oxygen atoms in total. The first-order valence-electron chi connectivity index (χ1n) is 9.27. The zero-order chi connectivity index (χ0) is 19.0. The average Bonchev–Trinajstić information content (AvgIpc) is 2.66. The highest BCUT2D eigenvalue weighted by atomic mass is 79.9. The predicted molar refractivity (Wildman–Crippen MR) is 115 cm³/mol. The maximum absolute atomic E-state index is 6.13. The Morgan fingerprint density at radius 1 is 1.07 bits per heavy atom. The third-order valence-electron chi connectivity index (χ3n) is 5.35. The van der Waals surface area contributed by atoms with Crippen LogP contribution in [0.5, 0.6) is 0 Å².